The van der Waals surface area contributed by atoms with Crippen LogP contribution in [-0.4, -0.2) is 116 Å². The molecule has 0 spiro atoms. The number of aromatic nitrogens is 3. The van der Waals surface area contributed by atoms with Crippen molar-refractivity contribution in [1.82, 2.24) is 35.0 Å². The van der Waals surface area contributed by atoms with Gasteiger partial charge >= 0.3 is 18.4 Å². The van der Waals surface area contributed by atoms with E-state index < -0.39 is 54.0 Å². The van der Waals surface area contributed by atoms with Gasteiger partial charge in [0.25, 0.3) is 0 Å². The molecule has 1 unspecified atom stereocenters. The Kier molecular flexibility index (Phi) is 14.6. The highest BCUT2D eigenvalue weighted by Crippen LogP contribution is 2.44. The molecule has 2 aromatic carbocycles. The van der Waals surface area contributed by atoms with Crippen LogP contribution in [0.3, 0.4) is 0 Å². The number of pyridine rings is 1. The van der Waals surface area contributed by atoms with Crippen molar-refractivity contribution in [2.24, 2.45) is 5.41 Å². The number of nitrogens with zero attached hydrogens (tertiary/aromatic N) is 5. The fraction of sp³-hybridized carbons (Fsp3) is 0.479. The van der Waals surface area contributed by atoms with Gasteiger partial charge < -0.3 is 44.5 Å². The Morgan fingerprint density at radius 2 is 1.79 bits per heavy atom. The summed E-state index contributed by atoms with van der Waals surface area (Å²) in [5, 5.41) is 29.3. The molecule has 2 aliphatic rings. The van der Waals surface area contributed by atoms with E-state index in [1.54, 1.807) is 81.6 Å². The normalized spacial score (nSPS) is 17.8. The number of amides is 3. The van der Waals surface area contributed by atoms with E-state index in [0.29, 0.717) is 68.5 Å². The molecule has 2 aliphatic heterocycles. The van der Waals surface area contributed by atoms with Crippen LogP contribution in [0.25, 0.3) is 33.4 Å². The minimum absolute atomic E-state index is 0.0593. The Morgan fingerprint density at radius 3 is 2.46 bits per heavy atom. The molecule has 4 atom stereocenters. The molecule has 360 valence electrons. The van der Waals surface area contributed by atoms with Gasteiger partial charge in [-0.05, 0) is 94.8 Å². The average Bonchev–Trinajstić information content (AvgIpc) is 3.85. The fourth-order valence-corrected chi connectivity index (χ4v) is 9.57. The highest BCUT2D eigenvalue weighted by molar-refractivity contribution is 7.10. The number of alkyl carbamates (subject to hydrolysis) is 1. The minimum atomic E-state index is -4.64. The number of aliphatic hydroxyl groups is 1. The number of benzene rings is 2. The Bertz CT molecular complexity index is 2580. The molecule has 67 heavy (non-hydrogen) atoms. The van der Waals surface area contributed by atoms with Crippen molar-refractivity contribution in [2.75, 3.05) is 33.5 Å². The number of rotatable bonds is 14. The van der Waals surface area contributed by atoms with Crippen LogP contribution >= 0.6 is 11.3 Å². The number of hydrogen-bond acceptors (Lipinski definition) is 11. The third kappa shape index (κ3) is 11.7. The molecule has 7 rings (SSSR count). The van der Waals surface area contributed by atoms with E-state index in [2.05, 4.69) is 10.6 Å². The number of aliphatic hydroxyl groups excluding tert-OH is 1. The highest BCUT2D eigenvalue weighted by Gasteiger charge is 2.43. The Morgan fingerprint density at radius 1 is 1.04 bits per heavy atom. The van der Waals surface area contributed by atoms with Gasteiger partial charge in [0.1, 0.15) is 29.7 Å². The fourth-order valence-electron chi connectivity index (χ4n) is 8.72. The molecule has 19 heteroatoms. The number of alkyl halides is 3. The molecular formula is C48H58F3N7O8S. The minimum Gasteiger partial charge on any atom is -0.465 e. The van der Waals surface area contributed by atoms with Crippen molar-refractivity contribution in [3.05, 3.63) is 82.4 Å². The first-order chi connectivity index (χ1) is 31.6. The van der Waals surface area contributed by atoms with Crippen molar-refractivity contribution in [3.8, 4) is 34.0 Å². The third-order valence-corrected chi connectivity index (χ3v) is 12.8. The second-order valence-corrected chi connectivity index (χ2v) is 19.9. The van der Waals surface area contributed by atoms with Gasteiger partial charge in [-0.25, -0.2) is 14.6 Å². The highest BCUT2D eigenvalue weighted by atomic mass is 32.1. The van der Waals surface area contributed by atoms with E-state index in [9.17, 15) is 37.8 Å². The molecule has 2 fully saturated rings. The van der Waals surface area contributed by atoms with E-state index >= 15 is 0 Å². The van der Waals surface area contributed by atoms with Gasteiger partial charge in [0.2, 0.25) is 5.91 Å². The number of para-hydroxylation sites is 1. The van der Waals surface area contributed by atoms with Gasteiger partial charge in [0.05, 0.1) is 47.1 Å². The van der Waals surface area contributed by atoms with E-state index in [1.807, 2.05) is 19.9 Å². The number of carboxylic acid groups (broad SMARTS) is 1. The number of hydrogen-bond donors (Lipinski definition) is 4. The maximum atomic E-state index is 14.8. The molecule has 0 aliphatic carbocycles. The van der Waals surface area contributed by atoms with E-state index in [4.69, 9.17) is 24.2 Å². The Labute approximate surface area is 391 Å². The molecular weight excluding hydrogens is 892 g/mol. The quantitative estimate of drug-likeness (QED) is 0.0836. The first-order valence-corrected chi connectivity index (χ1v) is 23.1. The van der Waals surface area contributed by atoms with Crippen LogP contribution in [-0.2, 0) is 33.7 Å². The zero-order valence-electron chi connectivity index (χ0n) is 38.6. The number of halogens is 3. The summed E-state index contributed by atoms with van der Waals surface area (Å²) in [5.74, 6) is 0.321. The monoisotopic (exact) mass is 949 g/mol. The lowest BCUT2D eigenvalue weighted by molar-refractivity contribution is -0.142. The number of carbonyl (C=O) groups is 3. The number of methoxy groups -OCH3 is 1. The summed E-state index contributed by atoms with van der Waals surface area (Å²) >= 11 is 1.24. The maximum absolute atomic E-state index is 14.8. The van der Waals surface area contributed by atoms with Crippen molar-refractivity contribution in [3.63, 3.8) is 0 Å². The van der Waals surface area contributed by atoms with Gasteiger partial charge in [0, 0.05) is 60.1 Å². The summed E-state index contributed by atoms with van der Waals surface area (Å²) in [4.78, 5) is 52.3. The van der Waals surface area contributed by atoms with Gasteiger partial charge in [-0.2, -0.15) is 13.2 Å². The summed E-state index contributed by atoms with van der Waals surface area (Å²) in [5.41, 5.74) is 1.24. The number of nitrogens with one attached hydrogen (secondary N) is 2. The number of carbonyl (C=O) groups excluding carboxylic acids is 2. The van der Waals surface area contributed by atoms with E-state index in [1.165, 1.54) is 39.0 Å². The van der Waals surface area contributed by atoms with Crippen molar-refractivity contribution >= 4 is 40.3 Å². The van der Waals surface area contributed by atoms with E-state index in [0.717, 1.165) is 6.42 Å². The third-order valence-electron chi connectivity index (χ3n) is 11.9. The van der Waals surface area contributed by atoms with E-state index in [-0.39, 0.29) is 50.4 Å². The summed E-state index contributed by atoms with van der Waals surface area (Å²) in [6, 6.07) is 14.0. The molecule has 3 aromatic heterocycles. The van der Waals surface area contributed by atoms with Crippen LogP contribution in [0.2, 0.25) is 0 Å². The summed E-state index contributed by atoms with van der Waals surface area (Å²) < 4.78 is 63.0. The molecule has 0 saturated carbocycles. The molecule has 15 nitrogen and oxygen atoms in total. The van der Waals surface area contributed by atoms with Crippen LogP contribution in [0.1, 0.15) is 76.8 Å². The summed E-state index contributed by atoms with van der Waals surface area (Å²) in [7, 11) is 1.50. The van der Waals surface area contributed by atoms with Crippen LogP contribution in [0.15, 0.2) is 66.2 Å². The van der Waals surface area contributed by atoms with Gasteiger partial charge in [-0.15, -0.1) is 11.3 Å². The molecule has 5 heterocycles. The van der Waals surface area contributed by atoms with Crippen molar-refractivity contribution in [1.29, 1.82) is 0 Å². The van der Waals surface area contributed by atoms with Crippen LogP contribution in [0.4, 0.5) is 22.8 Å². The molecule has 3 amide bonds. The predicted molar refractivity (Wildman–Crippen MR) is 247 cm³/mol. The molecule has 0 radical (unpaired) electrons. The molecule has 2 saturated heterocycles. The first-order valence-electron chi connectivity index (χ1n) is 22.2. The number of piperidine rings is 1. The van der Waals surface area contributed by atoms with Crippen LogP contribution < -0.4 is 15.4 Å². The zero-order chi connectivity index (χ0) is 48.4. The lowest BCUT2D eigenvalue weighted by atomic mass is 9.84. The Hall–Kier alpha value is -5.76. The average molecular weight is 950 g/mol. The van der Waals surface area contributed by atoms with Gasteiger partial charge in [-0.1, -0.05) is 38.1 Å². The first kappa shape index (κ1) is 49.2. The lowest BCUT2D eigenvalue weighted by Gasteiger charge is -2.48. The van der Waals surface area contributed by atoms with Crippen molar-refractivity contribution < 1.29 is 52.0 Å². The SMILES string of the molecule is CO[C@@H](C)c1ncc(Oc2ccccc2)cc1-c1c(CC(C)(C)CO)c2cc(-c3csc(C[C@H](NC(=O)OC(C)(C)C)C(=O)N4CN(C(=O)O)C[C@@H]5NCCCC54)n3)ccc2n1CC(F)(F)F. The number of ether oxygens (including phenoxy) is 3. The largest absolute Gasteiger partial charge is 0.465 e. The standard InChI is InChI=1S/C48H58F3N7O8S/c1-28(64-7)41-33(19-31(22-53-41)65-30-12-9-8-10-13-30)42-34(21-47(5,6)26-59)32-18-29(15-16-38(32)57(42)25-48(49,50)51)37-24-67-40(54-37)20-35(55-44(61)66-46(2,3)4)43(60)58-27-56(45(62)63)23-36-39(58)14-11-17-52-36/h8-10,12-13,15-16,18-19,22,24,28,35-36,39,52,59H,11,14,17,20-21,23,25-27H2,1-7H3,(H,55,61)(H,62,63)/t28-,35-,36-,39?/m0/s1. The second kappa shape index (κ2) is 19.8. The van der Waals surface area contributed by atoms with Crippen molar-refractivity contribution in [2.45, 2.75) is 110 Å². The zero-order valence-corrected chi connectivity index (χ0v) is 39.5. The predicted octanol–water partition coefficient (Wildman–Crippen LogP) is 8.79. The topological polar surface area (TPSA) is 181 Å². The summed E-state index contributed by atoms with van der Waals surface area (Å²) in [6.07, 6.45) is -4.21. The smallest absolute Gasteiger partial charge is 0.408 e. The summed E-state index contributed by atoms with van der Waals surface area (Å²) in [6.45, 7) is 9.66. The van der Waals surface area contributed by atoms with Crippen LogP contribution in [0, 0.1) is 5.41 Å². The maximum Gasteiger partial charge on any atom is 0.408 e. The molecule has 0 bridgehead atoms. The number of fused-ring (bicyclic) bond motifs is 2. The number of thiazole rings is 1. The Balaban J connectivity index is 1.32. The van der Waals surface area contributed by atoms with Crippen LogP contribution in [0.5, 0.6) is 11.5 Å². The second-order valence-electron chi connectivity index (χ2n) is 18.9. The van der Waals surface area contributed by atoms with Gasteiger partial charge in [-0.3, -0.25) is 14.7 Å². The lowest BCUT2D eigenvalue weighted by Crippen LogP contribution is -2.68. The molecule has 5 aromatic rings. The van der Waals surface area contributed by atoms with Gasteiger partial charge in [0.15, 0.2) is 0 Å². The molecule has 4 N–H and O–H groups in total.